The van der Waals surface area contributed by atoms with E-state index in [1.165, 1.54) is 30.0 Å². The van der Waals surface area contributed by atoms with Crippen LogP contribution in [0.3, 0.4) is 0 Å². The molecule has 0 aliphatic heterocycles. The summed E-state index contributed by atoms with van der Waals surface area (Å²) in [5.74, 6) is -0.379. The third-order valence-corrected chi connectivity index (χ3v) is 12.7. The fourth-order valence-electron chi connectivity index (χ4n) is 4.00. The Labute approximate surface area is 250 Å². The van der Waals surface area contributed by atoms with Crippen LogP contribution in [-0.4, -0.2) is 35.6 Å². The number of guanidine groups is 1. The number of nitrogens with zero attached hydrogens (tertiary/aromatic N) is 3. The molecule has 0 saturated heterocycles. The number of hydrogen-bond acceptors (Lipinski definition) is 9. The number of rotatable bonds is 9. The van der Waals surface area contributed by atoms with Crippen molar-refractivity contribution in [3.8, 4) is 11.1 Å². The summed E-state index contributed by atoms with van der Waals surface area (Å²) in [6.07, 6.45) is 1.71. The average Bonchev–Trinajstić information content (AvgIpc) is 3.39. The molecule has 16 heteroatoms. The summed E-state index contributed by atoms with van der Waals surface area (Å²) in [5, 5.41) is 19.2. The summed E-state index contributed by atoms with van der Waals surface area (Å²) >= 11 is 2.29. The highest BCUT2D eigenvalue weighted by Gasteiger charge is 2.29. The normalized spacial score (nSPS) is 12.7. The monoisotopic (exact) mass is 643 g/mol. The van der Waals surface area contributed by atoms with Crippen molar-refractivity contribution in [1.29, 1.82) is 5.41 Å². The molecule has 7 N–H and O–H groups in total. The van der Waals surface area contributed by atoms with Crippen LogP contribution >= 0.6 is 23.1 Å². The first-order valence-electron chi connectivity index (χ1n) is 11.9. The van der Waals surface area contributed by atoms with Crippen LogP contribution in [0.25, 0.3) is 11.1 Å². The van der Waals surface area contributed by atoms with Gasteiger partial charge in [0.1, 0.15) is 15.6 Å². The second kappa shape index (κ2) is 11.9. The number of thiophene rings is 1. The molecule has 1 unspecified atom stereocenters. The Balaban J connectivity index is 2.01. The second-order valence-corrected chi connectivity index (χ2v) is 14.9. The molecule has 0 radical (unpaired) electrons. The van der Waals surface area contributed by atoms with E-state index in [1.807, 2.05) is 6.92 Å². The standard InChI is InChI=1S/C26H25N7O5S4/c1-15-11-17(31-26(29)30)9-10-21(15)16-5-3-7-19(12-16)41(36,23-14-22(24(27)28)40-25(23)39-2)32-42(37,38)20-8-4-6-18(13-20)33(34)35/h3-14H,1-2H3,(H3,27,28)(H4,29,30,31). The largest absolute Gasteiger partial charge is 0.383 e. The van der Waals surface area contributed by atoms with Crippen LogP contribution in [0.15, 0.2) is 100 Å². The number of benzene rings is 3. The topological polar surface area (TPSA) is 221 Å². The van der Waals surface area contributed by atoms with E-state index in [-0.39, 0.29) is 26.5 Å². The van der Waals surface area contributed by atoms with Gasteiger partial charge in [-0.2, -0.15) is 8.42 Å². The van der Waals surface area contributed by atoms with Gasteiger partial charge in [-0.05, 0) is 66.3 Å². The van der Waals surface area contributed by atoms with E-state index in [4.69, 9.17) is 22.6 Å². The van der Waals surface area contributed by atoms with Crippen molar-refractivity contribution in [2.24, 2.45) is 26.0 Å². The average molecular weight is 644 g/mol. The van der Waals surface area contributed by atoms with Crippen LogP contribution in [0.4, 0.5) is 11.4 Å². The number of thioether (sulfide) groups is 1. The van der Waals surface area contributed by atoms with Gasteiger partial charge in [-0.1, -0.05) is 28.0 Å². The minimum atomic E-state index is -4.69. The number of nitrogens with two attached hydrogens (primary N) is 3. The molecule has 1 aromatic heterocycles. The summed E-state index contributed by atoms with van der Waals surface area (Å²) in [6.45, 7) is 1.84. The molecule has 0 aliphatic rings. The number of aryl methyl sites for hydroxylation is 1. The van der Waals surface area contributed by atoms with Crippen molar-refractivity contribution < 1.29 is 17.6 Å². The quantitative estimate of drug-likeness (QED) is 0.0644. The number of nitrogens with one attached hydrogen (secondary N) is 1. The number of nitro benzene ring substituents is 1. The van der Waals surface area contributed by atoms with Gasteiger partial charge in [0.2, 0.25) is 0 Å². The fraction of sp³-hybridized carbons (Fsp3) is 0.0769. The Kier molecular flexibility index (Phi) is 8.72. The molecule has 0 spiro atoms. The predicted octanol–water partition coefficient (Wildman–Crippen LogP) is 4.82. The Morgan fingerprint density at radius 3 is 2.29 bits per heavy atom. The highest BCUT2D eigenvalue weighted by Crippen LogP contribution is 2.40. The molecule has 0 amide bonds. The van der Waals surface area contributed by atoms with Crippen molar-refractivity contribution in [1.82, 2.24) is 0 Å². The molecule has 42 heavy (non-hydrogen) atoms. The fourth-order valence-corrected chi connectivity index (χ4v) is 10.6. The van der Waals surface area contributed by atoms with Crippen LogP contribution < -0.4 is 17.2 Å². The third-order valence-electron chi connectivity index (χ3n) is 5.88. The molecule has 0 fully saturated rings. The SMILES string of the molecule is CSc1sc(C(=N)N)cc1S(=O)(=NS(=O)(=O)c1cccc([N+](=O)[O-])c1)c1cccc(-c2ccc(N=C(N)N)cc2C)c1. The zero-order chi connectivity index (χ0) is 30.8. The van der Waals surface area contributed by atoms with Crippen LogP contribution in [0.2, 0.25) is 0 Å². The Morgan fingerprint density at radius 1 is 0.976 bits per heavy atom. The maximum Gasteiger partial charge on any atom is 0.290 e. The smallest absolute Gasteiger partial charge is 0.290 e. The first kappa shape index (κ1) is 30.7. The van der Waals surface area contributed by atoms with Gasteiger partial charge in [0.05, 0.1) is 34.4 Å². The number of nitro groups is 1. The minimum absolute atomic E-state index is 0.0659. The van der Waals surface area contributed by atoms with E-state index in [0.29, 0.717) is 15.5 Å². The zero-order valence-corrected chi connectivity index (χ0v) is 25.4. The van der Waals surface area contributed by atoms with E-state index in [0.717, 1.165) is 40.7 Å². The summed E-state index contributed by atoms with van der Waals surface area (Å²) in [6, 6.07) is 17.5. The van der Waals surface area contributed by atoms with Crippen molar-refractivity contribution >= 4 is 66.0 Å². The van der Waals surface area contributed by atoms with E-state index in [2.05, 4.69) is 8.76 Å². The number of nitrogen functional groups attached to an aromatic ring is 1. The lowest BCUT2D eigenvalue weighted by Gasteiger charge is -2.14. The van der Waals surface area contributed by atoms with Gasteiger partial charge in [-0.15, -0.1) is 23.1 Å². The lowest BCUT2D eigenvalue weighted by Crippen LogP contribution is -2.21. The van der Waals surface area contributed by atoms with Crippen LogP contribution in [0.1, 0.15) is 10.4 Å². The first-order valence-corrected chi connectivity index (χ1v) is 16.9. The molecule has 0 aliphatic carbocycles. The number of sulfonamides is 1. The van der Waals surface area contributed by atoms with Gasteiger partial charge in [-0.3, -0.25) is 15.5 Å². The molecular formula is C26H25N7O5S4. The Hall–Kier alpha value is -4.25. The van der Waals surface area contributed by atoms with Crippen LogP contribution in [0.5, 0.6) is 0 Å². The van der Waals surface area contributed by atoms with E-state index in [1.54, 1.807) is 42.7 Å². The Morgan fingerprint density at radius 2 is 1.67 bits per heavy atom. The summed E-state index contributed by atoms with van der Waals surface area (Å²) in [4.78, 5) is 14.6. The van der Waals surface area contributed by atoms with Gasteiger partial charge in [0.15, 0.2) is 5.96 Å². The van der Waals surface area contributed by atoms with Crippen LogP contribution in [0, 0.1) is 22.4 Å². The lowest BCUT2D eigenvalue weighted by molar-refractivity contribution is -0.385. The van der Waals surface area contributed by atoms with Gasteiger partial charge >= 0.3 is 0 Å². The van der Waals surface area contributed by atoms with Crippen molar-refractivity contribution in [2.45, 2.75) is 25.8 Å². The van der Waals surface area contributed by atoms with E-state index < -0.39 is 35.3 Å². The lowest BCUT2D eigenvalue weighted by atomic mass is 10.0. The van der Waals surface area contributed by atoms with Gasteiger partial charge < -0.3 is 17.2 Å². The van der Waals surface area contributed by atoms with Crippen LogP contribution in [-0.2, 0) is 19.8 Å². The van der Waals surface area contributed by atoms with Gasteiger partial charge in [0, 0.05) is 12.1 Å². The van der Waals surface area contributed by atoms with Crippen molar-refractivity contribution in [3.63, 3.8) is 0 Å². The first-order chi connectivity index (χ1) is 19.7. The molecular weight excluding hydrogens is 619 g/mol. The maximum absolute atomic E-state index is 15.0. The number of hydrogen-bond donors (Lipinski definition) is 4. The summed E-state index contributed by atoms with van der Waals surface area (Å²) < 4.78 is 46.6. The molecule has 3 aromatic carbocycles. The maximum atomic E-state index is 15.0. The summed E-state index contributed by atoms with van der Waals surface area (Å²) in [5.41, 5.74) is 18.9. The predicted molar refractivity (Wildman–Crippen MR) is 167 cm³/mol. The van der Waals surface area contributed by atoms with Gasteiger partial charge in [-0.25, -0.2) is 9.20 Å². The molecule has 0 bridgehead atoms. The Bertz CT molecular complexity index is 1990. The van der Waals surface area contributed by atoms with E-state index in [9.17, 15) is 18.5 Å². The number of aliphatic imine (C=N–C) groups is 1. The molecule has 1 heterocycles. The molecule has 12 nitrogen and oxygen atoms in total. The number of non-ortho nitro benzene ring substituents is 1. The molecule has 4 aromatic rings. The highest BCUT2D eigenvalue weighted by atomic mass is 32.3. The number of amidine groups is 1. The van der Waals surface area contributed by atoms with Crippen molar-refractivity contribution in [2.75, 3.05) is 6.26 Å². The molecule has 0 saturated carbocycles. The molecule has 218 valence electrons. The zero-order valence-electron chi connectivity index (χ0n) is 22.2. The van der Waals surface area contributed by atoms with E-state index >= 15 is 4.21 Å². The third kappa shape index (κ3) is 6.30. The van der Waals surface area contributed by atoms with Crippen molar-refractivity contribution in [3.05, 3.63) is 93.4 Å². The second-order valence-electron chi connectivity index (χ2n) is 8.77. The highest BCUT2D eigenvalue weighted by molar-refractivity contribution is 8.05. The minimum Gasteiger partial charge on any atom is -0.383 e. The van der Waals surface area contributed by atoms with Gasteiger partial charge in [0.25, 0.3) is 15.7 Å². The molecule has 1 atom stereocenters. The summed E-state index contributed by atoms with van der Waals surface area (Å²) in [7, 11) is -8.65. The molecule has 4 rings (SSSR count).